The van der Waals surface area contributed by atoms with E-state index in [4.69, 9.17) is 10.8 Å². The molecule has 24 heavy (non-hydrogen) atoms. The van der Waals surface area contributed by atoms with E-state index in [0.29, 0.717) is 6.07 Å². The second-order valence-electron chi connectivity index (χ2n) is 4.68. The number of nitrogen functional groups attached to an aromatic ring is 1. The summed E-state index contributed by atoms with van der Waals surface area (Å²) >= 11 is 0. The first-order valence-corrected chi connectivity index (χ1v) is 6.24. The van der Waals surface area contributed by atoms with Gasteiger partial charge in [0.25, 0.3) is 5.56 Å². The minimum absolute atomic E-state index is 0.405. The highest BCUT2D eigenvalue weighted by Crippen LogP contribution is 2.34. The van der Waals surface area contributed by atoms with Gasteiger partial charge < -0.3 is 20.9 Å². The van der Waals surface area contributed by atoms with Gasteiger partial charge in [0, 0.05) is 5.56 Å². The van der Waals surface area contributed by atoms with E-state index in [2.05, 4.69) is 0 Å². The molecular formula is C14H9F3N2O5. The lowest BCUT2D eigenvalue weighted by atomic mass is 9.94. The summed E-state index contributed by atoms with van der Waals surface area (Å²) in [6.07, 6.45) is -4.74. The maximum Gasteiger partial charge on any atom is 0.416 e. The molecule has 2 aromatic rings. The number of nitrogens with one attached hydrogen (secondary N) is 1. The van der Waals surface area contributed by atoms with Crippen LogP contribution in [0, 0.1) is 0 Å². The first-order chi connectivity index (χ1) is 11.0. The third kappa shape index (κ3) is 2.93. The van der Waals surface area contributed by atoms with Crippen molar-refractivity contribution < 1.29 is 33.0 Å². The van der Waals surface area contributed by atoms with Gasteiger partial charge in [0.1, 0.15) is 16.9 Å². The second-order valence-corrected chi connectivity index (χ2v) is 4.68. The number of pyridine rings is 1. The SMILES string of the molecule is Nc1[nH]c(=O)c(C(=O)O)c(-c2cccc(C(F)(F)F)c2)c1C(=O)O. The van der Waals surface area contributed by atoms with Crippen LogP contribution in [-0.2, 0) is 6.18 Å². The van der Waals surface area contributed by atoms with Crippen molar-refractivity contribution in [3.8, 4) is 11.1 Å². The van der Waals surface area contributed by atoms with Crippen LogP contribution in [0.25, 0.3) is 11.1 Å². The van der Waals surface area contributed by atoms with Crippen molar-refractivity contribution in [3.05, 3.63) is 51.3 Å². The van der Waals surface area contributed by atoms with Gasteiger partial charge in [-0.1, -0.05) is 12.1 Å². The number of carbonyl (C=O) groups is 2. The molecular weight excluding hydrogens is 333 g/mol. The summed E-state index contributed by atoms with van der Waals surface area (Å²) in [6.45, 7) is 0. The van der Waals surface area contributed by atoms with E-state index in [9.17, 15) is 32.7 Å². The van der Waals surface area contributed by atoms with E-state index in [1.54, 1.807) is 0 Å². The monoisotopic (exact) mass is 342 g/mol. The van der Waals surface area contributed by atoms with E-state index in [-0.39, 0.29) is 0 Å². The molecule has 0 unspecified atom stereocenters. The number of anilines is 1. The quantitative estimate of drug-likeness (QED) is 0.674. The third-order valence-electron chi connectivity index (χ3n) is 3.15. The van der Waals surface area contributed by atoms with E-state index >= 15 is 0 Å². The number of alkyl halides is 3. The van der Waals surface area contributed by atoms with Crippen molar-refractivity contribution in [3.63, 3.8) is 0 Å². The highest BCUT2D eigenvalue weighted by atomic mass is 19.4. The average molecular weight is 342 g/mol. The van der Waals surface area contributed by atoms with Crippen LogP contribution < -0.4 is 11.3 Å². The molecule has 0 saturated heterocycles. The first kappa shape index (κ1) is 17.1. The first-order valence-electron chi connectivity index (χ1n) is 6.24. The van der Waals surface area contributed by atoms with E-state index < -0.39 is 57.3 Å². The molecule has 0 amide bonds. The van der Waals surface area contributed by atoms with Crippen LogP contribution >= 0.6 is 0 Å². The number of aromatic nitrogens is 1. The Kier molecular flexibility index (Phi) is 4.07. The van der Waals surface area contributed by atoms with Crippen molar-refractivity contribution in [2.45, 2.75) is 6.18 Å². The number of carboxylic acids is 2. The minimum atomic E-state index is -4.74. The lowest BCUT2D eigenvalue weighted by Crippen LogP contribution is -2.24. The van der Waals surface area contributed by atoms with E-state index in [1.165, 1.54) is 0 Å². The maximum absolute atomic E-state index is 12.8. The van der Waals surface area contributed by atoms with E-state index in [0.717, 1.165) is 18.2 Å². The number of hydrogen-bond donors (Lipinski definition) is 4. The largest absolute Gasteiger partial charge is 0.478 e. The second kappa shape index (κ2) is 5.72. The Labute approximate surface area is 131 Å². The Balaban J connectivity index is 2.95. The summed E-state index contributed by atoms with van der Waals surface area (Å²) in [5.74, 6) is -4.16. The van der Waals surface area contributed by atoms with Gasteiger partial charge in [0.2, 0.25) is 0 Å². The lowest BCUT2D eigenvalue weighted by Gasteiger charge is -2.14. The molecule has 1 aromatic carbocycles. The number of benzene rings is 1. The van der Waals surface area contributed by atoms with Crippen molar-refractivity contribution >= 4 is 17.8 Å². The van der Waals surface area contributed by atoms with Gasteiger partial charge >= 0.3 is 18.1 Å². The van der Waals surface area contributed by atoms with Gasteiger partial charge in [-0.2, -0.15) is 13.2 Å². The molecule has 0 aliphatic rings. The average Bonchev–Trinajstić information content (AvgIpc) is 2.44. The summed E-state index contributed by atoms with van der Waals surface area (Å²) < 4.78 is 38.5. The van der Waals surface area contributed by atoms with Crippen molar-refractivity contribution in [2.75, 3.05) is 5.73 Å². The highest BCUT2D eigenvalue weighted by Gasteiger charge is 2.32. The van der Waals surface area contributed by atoms with Gasteiger partial charge in [-0.3, -0.25) is 4.79 Å². The summed E-state index contributed by atoms with van der Waals surface area (Å²) in [6, 6.07) is 3.29. The van der Waals surface area contributed by atoms with Crippen molar-refractivity contribution in [2.24, 2.45) is 0 Å². The number of rotatable bonds is 3. The molecule has 0 saturated carbocycles. The van der Waals surface area contributed by atoms with Crippen molar-refractivity contribution in [1.82, 2.24) is 4.98 Å². The molecule has 1 heterocycles. The van der Waals surface area contributed by atoms with Gasteiger partial charge in [-0.05, 0) is 17.7 Å². The molecule has 126 valence electrons. The van der Waals surface area contributed by atoms with Crippen molar-refractivity contribution in [1.29, 1.82) is 0 Å². The number of aromatic amines is 1. The Hall–Kier alpha value is -3.30. The van der Waals surface area contributed by atoms with Gasteiger partial charge in [-0.15, -0.1) is 0 Å². The number of nitrogens with two attached hydrogens (primary N) is 1. The van der Waals surface area contributed by atoms with Gasteiger partial charge in [0.15, 0.2) is 0 Å². The highest BCUT2D eigenvalue weighted by molar-refractivity contribution is 6.07. The third-order valence-corrected chi connectivity index (χ3v) is 3.15. The molecule has 0 bridgehead atoms. The Bertz CT molecular complexity index is 902. The zero-order valence-corrected chi connectivity index (χ0v) is 11.6. The number of carboxylic acid groups (broad SMARTS) is 2. The molecule has 1 aromatic heterocycles. The van der Waals surface area contributed by atoms with Gasteiger partial charge in [-0.25, -0.2) is 9.59 Å². The molecule has 7 nitrogen and oxygen atoms in total. The standard InChI is InChI=1S/C14H9F3N2O5/c15-14(16,17)6-3-1-2-5(4-6)7-8(12(21)22)10(18)19-11(20)9(7)13(23)24/h1-4H,(H,21,22)(H,23,24)(H3,18,19,20). The van der Waals surface area contributed by atoms with Crippen LogP contribution in [0.3, 0.4) is 0 Å². The van der Waals surface area contributed by atoms with Crippen LogP contribution in [-0.4, -0.2) is 27.1 Å². The van der Waals surface area contributed by atoms with Crippen LogP contribution in [0.2, 0.25) is 0 Å². The summed E-state index contributed by atoms with van der Waals surface area (Å²) in [7, 11) is 0. The summed E-state index contributed by atoms with van der Waals surface area (Å²) in [5, 5.41) is 18.4. The van der Waals surface area contributed by atoms with Crippen LogP contribution in [0.5, 0.6) is 0 Å². The van der Waals surface area contributed by atoms with Crippen LogP contribution in [0.15, 0.2) is 29.1 Å². The zero-order chi connectivity index (χ0) is 18.2. The molecule has 0 aliphatic carbocycles. The normalized spacial score (nSPS) is 11.3. The molecule has 0 radical (unpaired) electrons. The number of halogens is 3. The smallest absolute Gasteiger partial charge is 0.416 e. The topological polar surface area (TPSA) is 133 Å². The van der Waals surface area contributed by atoms with Gasteiger partial charge in [0.05, 0.1) is 5.56 Å². The fourth-order valence-electron chi connectivity index (χ4n) is 2.19. The fraction of sp³-hybridized carbons (Fsp3) is 0.0714. The molecule has 5 N–H and O–H groups in total. The predicted molar refractivity (Wildman–Crippen MR) is 75.8 cm³/mol. The summed E-state index contributed by atoms with van der Waals surface area (Å²) in [5.41, 5.74) is 0.134. The molecule has 2 rings (SSSR count). The number of hydrogen-bond acceptors (Lipinski definition) is 4. The predicted octanol–water partition coefficient (Wildman–Crippen LogP) is 2.04. The minimum Gasteiger partial charge on any atom is -0.478 e. The fourth-order valence-corrected chi connectivity index (χ4v) is 2.19. The van der Waals surface area contributed by atoms with E-state index in [1.807, 2.05) is 4.98 Å². The molecule has 0 spiro atoms. The Morgan fingerprint density at radius 1 is 1.08 bits per heavy atom. The Morgan fingerprint density at radius 2 is 1.67 bits per heavy atom. The van der Waals surface area contributed by atoms with Crippen LogP contribution in [0.4, 0.5) is 19.0 Å². The molecule has 0 atom stereocenters. The lowest BCUT2D eigenvalue weighted by molar-refractivity contribution is -0.137. The number of H-pyrrole nitrogens is 1. The zero-order valence-electron chi connectivity index (χ0n) is 11.6. The summed E-state index contributed by atoms with van der Waals surface area (Å²) in [4.78, 5) is 36.3. The molecule has 0 aliphatic heterocycles. The Morgan fingerprint density at radius 3 is 2.17 bits per heavy atom. The molecule has 0 fully saturated rings. The van der Waals surface area contributed by atoms with Crippen LogP contribution in [0.1, 0.15) is 26.3 Å². The maximum atomic E-state index is 12.8. The number of aromatic carboxylic acids is 2. The molecule has 10 heteroatoms.